The molecule has 1 atom stereocenters. The van der Waals surface area contributed by atoms with Gasteiger partial charge in [0.1, 0.15) is 0 Å². The van der Waals surface area contributed by atoms with Gasteiger partial charge in [-0.2, -0.15) is 0 Å². The molecule has 1 aliphatic rings. The van der Waals surface area contributed by atoms with Crippen molar-refractivity contribution in [2.45, 2.75) is 12.5 Å². The van der Waals surface area contributed by atoms with Crippen molar-refractivity contribution in [3.05, 3.63) is 35.9 Å². The molecule has 4 heteroatoms. The summed E-state index contributed by atoms with van der Waals surface area (Å²) in [5.41, 5.74) is 0.709. The standard InChI is InChI=1S/C13H18N2O2/c16-13(11-4-2-1-3-5-11)15-7-6-12-10-17-9-8-14-12/h1-5,12,14H,6-10H2,(H,15,16). The van der Waals surface area contributed by atoms with Crippen molar-refractivity contribution in [2.24, 2.45) is 0 Å². The second-order valence-corrected chi connectivity index (χ2v) is 4.14. The lowest BCUT2D eigenvalue weighted by Crippen LogP contribution is -2.43. The Kier molecular flexibility index (Phi) is 4.53. The minimum atomic E-state index is -0.0117. The molecular formula is C13H18N2O2. The van der Waals surface area contributed by atoms with Crippen molar-refractivity contribution < 1.29 is 9.53 Å². The predicted molar refractivity (Wildman–Crippen MR) is 66.0 cm³/mol. The molecule has 2 N–H and O–H groups in total. The number of carbonyl (C=O) groups is 1. The van der Waals surface area contributed by atoms with Crippen molar-refractivity contribution in [3.8, 4) is 0 Å². The molecule has 0 spiro atoms. The second kappa shape index (κ2) is 6.37. The number of rotatable bonds is 4. The fourth-order valence-electron chi connectivity index (χ4n) is 1.86. The van der Waals surface area contributed by atoms with Gasteiger partial charge in [-0.15, -0.1) is 0 Å². The highest BCUT2D eigenvalue weighted by atomic mass is 16.5. The molecule has 0 radical (unpaired) electrons. The van der Waals surface area contributed by atoms with Crippen LogP contribution in [0.1, 0.15) is 16.8 Å². The number of benzene rings is 1. The first kappa shape index (κ1) is 12.1. The minimum Gasteiger partial charge on any atom is -0.379 e. The largest absolute Gasteiger partial charge is 0.379 e. The Morgan fingerprint density at radius 3 is 2.94 bits per heavy atom. The summed E-state index contributed by atoms with van der Waals surface area (Å²) in [5.74, 6) is -0.0117. The summed E-state index contributed by atoms with van der Waals surface area (Å²) < 4.78 is 5.35. The van der Waals surface area contributed by atoms with E-state index >= 15 is 0 Å². The molecule has 92 valence electrons. The number of amides is 1. The van der Waals surface area contributed by atoms with E-state index in [2.05, 4.69) is 10.6 Å². The van der Waals surface area contributed by atoms with Crippen molar-refractivity contribution in [1.82, 2.24) is 10.6 Å². The number of morpholine rings is 1. The molecule has 0 aliphatic carbocycles. The molecule has 1 heterocycles. The summed E-state index contributed by atoms with van der Waals surface area (Å²) in [7, 11) is 0. The summed E-state index contributed by atoms with van der Waals surface area (Å²) in [6.07, 6.45) is 0.901. The van der Waals surface area contributed by atoms with Crippen LogP contribution < -0.4 is 10.6 Å². The molecule has 1 fully saturated rings. The monoisotopic (exact) mass is 234 g/mol. The van der Waals surface area contributed by atoms with Gasteiger partial charge in [-0.25, -0.2) is 0 Å². The van der Waals surface area contributed by atoms with E-state index in [4.69, 9.17) is 4.74 Å². The highest BCUT2D eigenvalue weighted by Crippen LogP contribution is 2.00. The number of ether oxygens (including phenoxy) is 1. The van der Waals surface area contributed by atoms with E-state index in [0.717, 1.165) is 26.2 Å². The fourth-order valence-corrected chi connectivity index (χ4v) is 1.86. The summed E-state index contributed by atoms with van der Waals surface area (Å²) in [4.78, 5) is 11.7. The zero-order valence-electron chi connectivity index (χ0n) is 9.82. The number of carbonyl (C=O) groups excluding carboxylic acids is 1. The highest BCUT2D eigenvalue weighted by Gasteiger charge is 2.12. The molecule has 1 unspecified atom stereocenters. The van der Waals surface area contributed by atoms with Gasteiger partial charge in [0, 0.05) is 24.7 Å². The van der Waals surface area contributed by atoms with E-state index in [1.54, 1.807) is 0 Å². The zero-order valence-corrected chi connectivity index (χ0v) is 9.82. The van der Waals surface area contributed by atoms with Crippen LogP contribution in [0.25, 0.3) is 0 Å². The van der Waals surface area contributed by atoms with Crippen LogP contribution >= 0.6 is 0 Å². The van der Waals surface area contributed by atoms with E-state index in [1.807, 2.05) is 30.3 Å². The topological polar surface area (TPSA) is 50.4 Å². The average molecular weight is 234 g/mol. The Morgan fingerprint density at radius 2 is 2.24 bits per heavy atom. The van der Waals surface area contributed by atoms with Crippen LogP contribution in [0.3, 0.4) is 0 Å². The van der Waals surface area contributed by atoms with Crippen LogP contribution in [0.2, 0.25) is 0 Å². The number of hydrogen-bond donors (Lipinski definition) is 2. The Balaban J connectivity index is 1.69. The van der Waals surface area contributed by atoms with Crippen LogP contribution in [0, 0.1) is 0 Å². The van der Waals surface area contributed by atoms with Crippen LogP contribution in [0.15, 0.2) is 30.3 Å². The first-order valence-corrected chi connectivity index (χ1v) is 6.00. The van der Waals surface area contributed by atoms with Gasteiger partial charge < -0.3 is 15.4 Å². The molecule has 0 bridgehead atoms. The molecule has 0 saturated carbocycles. The molecule has 1 aromatic rings. The lowest BCUT2D eigenvalue weighted by Gasteiger charge is -2.23. The van der Waals surface area contributed by atoms with Gasteiger partial charge in [0.15, 0.2) is 0 Å². The van der Waals surface area contributed by atoms with Gasteiger partial charge in [-0.05, 0) is 18.6 Å². The van der Waals surface area contributed by atoms with E-state index < -0.39 is 0 Å². The smallest absolute Gasteiger partial charge is 0.251 e. The first-order valence-electron chi connectivity index (χ1n) is 6.00. The van der Waals surface area contributed by atoms with Crippen LogP contribution in [0.4, 0.5) is 0 Å². The summed E-state index contributed by atoms with van der Waals surface area (Å²) in [5, 5.41) is 6.27. The minimum absolute atomic E-state index is 0.0117. The summed E-state index contributed by atoms with van der Waals surface area (Å²) >= 11 is 0. The highest BCUT2D eigenvalue weighted by molar-refractivity contribution is 5.94. The molecule has 1 saturated heterocycles. The van der Waals surface area contributed by atoms with E-state index in [1.165, 1.54) is 0 Å². The van der Waals surface area contributed by atoms with Gasteiger partial charge in [0.2, 0.25) is 0 Å². The molecule has 0 aromatic heterocycles. The third-order valence-electron chi connectivity index (χ3n) is 2.81. The predicted octanol–water partition coefficient (Wildman–Crippen LogP) is 0.795. The van der Waals surface area contributed by atoms with Crippen molar-refractivity contribution in [1.29, 1.82) is 0 Å². The first-order chi connectivity index (χ1) is 8.36. The second-order valence-electron chi connectivity index (χ2n) is 4.14. The maximum absolute atomic E-state index is 11.7. The molecule has 4 nitrogen and oxygen atoms in total. The third-order valence-corrected chi connectivity index (χ3v) is 2.81. The molecule has 2 rings (SSSR count). The Bertz CT molecular complexity index is 348. The lowest BCUT2D eigenvalue weighted by atomic mass is 10.2. The van der Waals surface area contributed by atoms with Gasteiger partial charge in [-0.3, -0.25) is 4.79 Å². The van der Waals surface area contributed by atoms with E-state index in [-0.39, 0.29) is 5.91 Å². The summed E-state index contributed by atoms with van der Waals surface area (Å²) in [6.45, 7) is 3.10. The van der Waals surface area contributed by atoms with Gasteiger partial charge in [0.05, 0.1) is 13.2 Å². The van der Waals surface area contributed by atoms with Crippen LogP contribution in [0.5, 0.6) is 0 Å². The van der Waals surface area contributed by atoms with Crippen molar-refractivity contribution in [3.63, 3.8) is 0 Å². The summed E-state index contributed by atoms with van der Waals surface area (Å²) in [6, 6.07) is 9.63. The van der Waals surface area contributed by atoms with Crippen molar-refractivity contribution in [2.75, 3.05) is 26.3 Å². The molecule has 1 aromatic carbocycles. The van der Waals surface area contributed by atoms with Crippen LogP contribution in [-0.2, 0) is 4.74 Å². The molecule has 1 amide bonds. The Morgan fingerprint density at radius 1 is 1.41 bits per heavy atom. The molecule has 1 aliphatic heterocycles. The average Bonchev–Trinajstić information content (AvgIpc) is 2.41. The van der Waals surface area contributed by atoms with Gasteiger partial charge in [0.25, 0.3) is 5.91 Å². The maximum Gasteiger partial charge on any atom is 0.251 e. The SMILES string of the molecule is O=C(NCCC1COCCN1)c1ccccc1. The fraction of sp³-hybridized carbons (Fsp3) is 0.462. The van der Waals surface area contributed by atoms with Crippen molar-refractivity contribution >= 4 is 5.91 Å². The number of nitrogens with one attached hydrogen (secondary N) is 2. The van der Waals surface area contributed by atoms with E-state index in [9.17, 15) is 4.79 Å². The maximum atomic E-state index is 11.7. The molecule has 17 heavy (non-hydrogen) atoms. The quantitative estimate of drug-likeness (QED) is 0.810. The third kappa shape index (κ3) is 3.84. The number of hydrogen-bond acceptors (Lipinski definition) is 3. The van der Waals surface area contributed by atoms with Crippen LogP contribution in [-0.4, -0.2) is 38.3 Å². The van der Waals surface area contributed by atoms with E-state index in [0.29, 0.717) is 18.2 Å². The molecular weight excluding hydrogens is 216 g/mol. The Labute approximate surface area is 101 Å². The Hall–Kier alpha value is -1.39. The zero-order chi connectivity index (χ0) is 11.9. The van der Waals surface area contributed by atoms with Gasteiger partial charge >= 0.3 is 0 Å². The van der Waals surface area contributed by atoms with Gasteiger partial charge in [-0.1, -0.05) is 18.2 Å². The lowest BCUT2D eigenvalue weighted by molar-refractivity contribution is 0.0733. The normalized spacial score (nSPS) is 19.9.